The molecule has 5 nitrogen and oxygen atoms in total. The lowest BCUT2D eigenvalue weighted by Crippen LogP contribution is -2.42. The Labute approximate surface area is 185 Å². The summed E-state index contributed by atoms with van der Waals surface area (Å²) in [5.41, 5.74) is 1.28. The second kappa shape index (κ2) is 10.8. The van der Waals surface area contributed by atoms with Crippen molar-refractivity contribution >= 4 is 41.5 Å². The van der Waals surface area contributed by atoms with Crippen molar-refractivity contribution in [2.45, 2.75) is 38.3 Å². The number of aliphatic hydroxyl groups excluding tert-OH is 1. The van der Waals surface area contributed by atoms with Gasteiger partial charge in [0.2, 0.25) is 0 Å². The van der Waals surface area contributed by atoms with E-state index in [1.165, 1.54) is 18.4 Å². The number of piperidine rings is 1. The van der Waals surface area contributed by atoms with Crippen LogP contribution in [0.2, 0.25) is 5.02 Å². The lowest BCUT2D eigenvalue weighted by molar-refractivity contribution is 0.125. The number of nitrogens with zero attached hydrogens (tertiary/aromatic N) is 3. The molecule has 2 saturated heterocycles. The maximum absolute atomic E-state index is 9.84. The highest BCUT2D eigenvalue weighted by atomic mass is 127. The minimum Gasteiger partial charge on any atom is -0.391 e. The summed E-state index contributed by atoms with van der Waals surface area (Å²) in [6.45, 7) is 6.37. The Morgan fingerprint density at radius 2 is 2.15 bits per heavy atom. The van der Waals surface area contributed by atoms with Gasteiger partial charge in [-0.05, 0) is 63.4 Å². The maximum atomic E-state index is 9.84. The molecule has 3 atom stereocenters. The normalized spacial score (nSPS) is 26.7. The summed E-state index contributed by atoms with van der Waals surface area (Å²) in [5.74, 6) is 1.40. The van der Waals surface area contributed by atoms with Gasteiger partial charge in [-0.1, -0.05) is 23.7 Å². The number of guanidine groups is 1. The van der Waals surface area contributed by atoms with Gasteiger partial charge >= 0.3 is 0 Å². The molecule has 0 bridgehead atoms. The standard InChI is InChI=1S/C20H31ClN4O.HI/c1-3-22-20(25-11-9-18(26)14-25)23-13-16-7-5-10-24(2)19(16)15-6-4-8-17(21)12-15;/h4,6,8,12,16,18-19,26H,3,5,7,9-11,13-14H2,1-2H3,(H,22,23);1H/t16?,18-,19?;/m1./s1. The number of likely N-dealkylation sites (tertiary alicyclic amines) is 2. The second-order valence-electron chi connectivity index (χ2n) is 7.47. The molecule has 3 rings (SSSR count). The summed E-state index contributed by atoms with van der Waals surface area (Å²) in [4.78, 5) is 9.56. The molecule has 27 heavy (non-hydrogen) atoms. The zero-order valence-electron chi connectivity index (χ0n) is 16.3. The average molecular weight is 507 g/mol. The van der Waals surface area contributed by atoms with Crippen LogP contribution < -0.4 is 5.32 Å². The van der Waals surface area contributed by atoms with Crippen molar-refractivity contribution in [3.63, 3.8) is 0 Å². The van der Waals surface area contributed by atoms with Crippen molar-refractivity contribution in [2.24, 2.45) is 10.9 Å². The molecule has 1 aromatic rings. The van der Waals surface area contributed by atoms with Crippen molar-refractivity contribution in [3.8, 4) is 0 Å². The van der Waals surface area contributed by atoms with Crippen molar-refractivity contribution in [1.29, 1.82) is 0 Å². The fraction of sp³-hybridized carbons (Fsp3) is 0.650. The van der Waals surface area contributed by atoms with E-state index in [0.717, 1.165) is 43.6 Å². The number of hydrogen-bond acceptors (Lipinski definition) is 3. The van der Waals surface area contributed by atoms with Gasteiger partial charge in [0.05, 0.1) is 6.10 Å². The molecule has 2 aliphatic heterocycles. The molecule has 2 unspecified atom stereocenters. The quantitative estimate of drug-likeness (QED) is 0.374. The molecule has 0 aromatic heterocycles. The zero-order chi connectivity index (χ0) is 18.5. The lowest BCUT2D eigenvalue weighted by atomic mass is 9.85. The largest absolute Gasteiger partial charge is 0.391 e. The van der Waals surface area contributed by atoms with Gasteiger partial charge in [-0.15, -0.1) is 24.0 Å². The third kappa shape index (κ3) is 5.95. The number of halogens is 2. The van der Waals surface area contributed by atoms with E-state index in [1.807, 2.05) is 12.1 Å². The number of rotatable bonds is 4. The number of β-amino-alcohol motifs (C(OH)–C–C–N with tert-alkyl or cyclic N) is 1. The highest BCUT2D eigenvalue weighted by Crippen LogP contribution is 2.36. The first kappa shape index (κ1) is 22.7. The molecule has 0 saturated carbocycles. The van der Waals surface area contributed by atoms with E-state index in [4.69, 9.17) is 16.6 Å². The molecule has 2 heterocycles. The number of nitrogens with one attached hydrogen (secondary N) is 1. The van der Waals surface area contributed by atoms with Crippen LogP contribution in [0.5, 0.6) is 0 Å². The van der Waals surface area contributed by atoms with Gasteiger partial charge in [0.25, 0.3) is 0 Å². The van der Waals surface area contributed by atoms with E-state index in [9.17, 15) is 5.11 Å². The van der Waals surface area contributed by atoms with Gasteiger partial charge in [-0.25, -0.2) is 0 Å². The SMILES string of the molecule is CCNC(=NCC1CCCN(C)C1c1cccc(Cl)c1)N1CC[C@@H](O)C1.I. The Morgan fingerprint density at radius 3 is 2.81 bits per heavy atom. The van der Waals surface area contributed by atoms with Crippen LogP contribution in [0.25, 0.3) is 0 Å². The third-order valence-electron chi connectivity index (χ3n) is 5.47. The van der Waals surface area contributed by atoms with Gasteiger partial charge in [-0.2, -0.15) is 0 Å². The van der Waals surface area contributed by atoms with E-state index < -0.39 is 0 Å². The van der Waals surface area contributed by atoms with E-state index in [1.54, 1.807) is 0 Å². The van der Waals surface area contributed by atoms with Crippen LogP contribution in [-0.2, 0) is 0 Å². The molecular weight excluding hydrogens is 475 g/mol. The Bertz CT molecular complexity index is 630. The predicted octanol–water partition coefficient (Wildman–Crippen LogP) is 3.37. The second-order valence-corrected chi connectivity index (χ2v) is 7.90. The van der Waals surface area contributed by atoms with E-state index in [-0.39, 0.29) is 30.1 Å². The smallest absolute Gasteiger partial charge is 0.194 e. The van der Waals surface area contributed by atoms with Crippen LogP contribution >= 0.6 is 35.6 Å². The molecule has 0 aliphatic carbocycles. The molecule has 2 N–H and O–H groups in total. The van der Waals surface area contributed by atoms with Gasteiger partial charge in [-0.3, -0.25) is 9.89 Å². The van der Waals surface area contributed by atoms with E-state index in [0.29, 0.717) is 18.5 Å². The van der Waals surface area contributed by atoms with Crippen LogP contribution in [0.15, 0.2) is 29.3 Å². The average Bonchev–Trinajstić information content (AvgIpc) is 3.05. The molecule has 0 radical (unpaired) electrons. The summed E-state index contributed by atoms with van der Waals surface area (Å²) in [6.07, 6.45) is 2.96. The summed E-state index contributed by atoms with van der Waals surface area (Å²) < 4.78 is 0. The first-order chi connectivity index (χ1) is 12.6. The van der Waals surface area contributed by atoms with E-state index in [2.05, 4.69) is 41.2 Å². The Kier molecular flexibility index (Phi) is 9.11. The highest BCUT2D eigenvalue weighted by Gasteiger charge is 2.31. The topological polar surface area (TPSA) is 51.1 Å². The van der Waals surface area contributed by atoms with Crippen LogP contribution in [-0.4, -0.2) is 66.7 Å². The Balaban J connectivity index is 0.00000261. The van der Waals surface area contributed by atoms with Crippen molar-refractivity contribution in [3.05, 3.63) is 34.9 Å². The first-order valence-electron chi connectivity index (χ1n) is 9.75. The molecule has 152 valence electrons. The number of aliphatic hydroxyl groups is 1. The summed E-state index contributed by atoms with van der Waals surface area (Å²) in [6, 6.07) is 8.58. The molecule has 2 aliphatic rings. The van der Waals surface area contributed by atoms with Crippen LogP contribution in [0.1, 0.15) is 37.8 Å². The van der Waals surface area contributed by atoms with Crippen molar-refractivity contribution in [2.75, 3.05) is 39.8 Å². The fourth-order valence-electron chi connectivity index (χ4n) is 4.23. The lowest BCUT2D eigenvalue weighted by Gasteiger charge is -2.39. The number of hydrogen-bond donors (Lipinski definition) is 2. The van der Waals surface area contributed by atoms with Gasteiger partial charge < -0.3 is 15.3 Å². The molecule has 2 fully saturated rings. The summed E-state index contributed by atoms with van der Waals surface area (Å²) in [7, 11) is 2.20. The highest BCUT2D eigenvalue weighted by molar-refractivity contribution is 14.0. The van der Waals surface area contributed by atoms with Crippen molar-refractivity contribution in [1.82, 2.24) is 15.1 Å². The minimum atomic E-state index is -0.237. The Morgan fingerprint density at radius 1 is 1.33 bits per heavy atom. The van der Waals surface area contributed by atoms with E-state index >= 15 is 0 Å². The minimum absolute atomic E-state index is 0. The predicted molar refractivity (Wildman–Crippen MR) is 123 cm³/mol. The molecule has 0 spiro atoms. The van der Waals surface area contributed by atoms with Gasteiger partial charge in [0.15, 0.2) is 5.96 Å². The van der Waals surface area contributed by atoms with Crippen LogP contribution in [0.4, 0.5) is 0 Å². The van der Waals surface area contributed by atoms with Crippen LogP contribution in [0, 0.1) is 5.92 Å². The molecular formula is C20H32ClIN4O. The summed E-state index contributed by atoms with van der Waals surface area (Å²) in [5, 5.41) is 14.0. The third-order valence-corrected chi connectivity index (χ3v) is 5.71. The van der Waals surface area contributed by atoms with Crippen molar-refractivity contribution < 1.29 is 5.11 Å². The molecule has 0 amide bonds. The molecule has 7 heteroatoms. The monoisotopic (exact) mass is 506 g/mol. The van der Waals surface area contributed by atoms with Gasteiger partial charge in [0.1, 0.15) is 0 Å². The number of benzene rings is 1. The maximum Gasteiger partial charge on any atom is 0.194 e. The zero-order valence-corrected chi connectivity index (χ0v) is 19.4. The first-order valence-corrected chi connectivity index (χ1v) is 10.1. The summed E-state index contributed by atoms with van der Waals surface area (Å²) >= 11 is 6.24. The fourth-order valence-corrected chi connectivity index (χ4v) is 4.43. The molecule has 1 aromatic carbocycles. The van der Waals surface area contributed by atoms with Gasteiger partial charge in [0, 0.05) is 37.2 Å². The van der Waals surface area contributed by atoms with Crippen LogP contribution in [0.3, 0.4) is 0 Å². The number of aliphatic imine (C=N–C) groups is 1. The Hall–Kier alpha value is -0.570.